The minimum absolute atomic E-state index is 0.0410. The van der Waals surface area contributed by atoms with Crippen molar-refractivity contribution in [3.05, 3.63) is 70.0 Å². The first-order chi connectivity index (χ1) is 14.1. The number of aryl methyl sites for hydroxylation is 2. The lowest BCUT2D eigenvalue weighted by Gasteiger charge is -2.23. The van der Waals surface area contributed by atoms with Crippen LogP contribution in [0.1, 0.15) is 42.5 Å². The van der Waals surface area contributed by atoms with Crippen LogP contribution in [-0.2, 0) is 6.42 Å². The molecule has 6 nitrogen and oxygen atoms in total. The molecule has 0 spiro atoms. The minimum atomic E-state index is -0.0410. The molecule has 1 aliphatic heterocycles. The normalized spacial score (nSPS) is 15.4. The van der Waals surface area contributed by atoms with Gasteiger partial charge >= 0.3 is 0 Å². The Hall–Kier alpha value is -2.99. The van der Waals surface area contributed by atoms with Gasteiger partial charge in [0.05, 0.1) is 11.4 Å². The van der Waals surface area contributed by atoms with Gasteiger partial charge in [0.1, 0.15) is 11.3 Å². The molecule has 1 N–H and O–H groups in total. The predicted octanol–water partition coefficient (Wildman–Crippen LogP) is 3.35. The highest BCUT2D eigenvalue weighted by Gasteiger charge is 2.16. The highest BCUT2D eigenvalue weighted by molar-refractivity contribution is 5.66. The monoisotopic (exact) mass is 387 g/mol. The zero-order chi connectivity index (χ0) is 20.0. The first-order valence-electron chi connectivity index (χ1n) is 10.3. The van der Waals surface area contributed by atoms with Gasteiger partial charge in [-0.05, 0) is 68.5 Å². The number of piperidine rings is 1. The number of nitrogens with one attached hydrogen (secondary N) is 1. The maximum Gasteiger partial charge on any atom is 0.258 e. The summed E-state index contributed by atoms with van der Waals surface area (Å²) in [6, 6.07) is 7.84. The van der Waals surface area contributed by atoms with E-state index >= 15 is 0 Å². The van der Waals surface area contributed by atoms with Crippen LogP contribution in [0.25, 0.3) is 22.6 Å². The fourth-order valence-electron chi connectivity index (χ4n) is 4.36. The lowest BCUT2D eigenvalue weighted by atomic mass is 9.91. The van der Waals surface area contributed by atoms with Crippen molar-refractivity contribution in [1.82, 2.24) is 24.1 Å². The number of pyridine rings is 2. The van der Waals surface area contributed by atoms with Crippen molar-refractivity contribution in [1.29, 1.82) is 0 Å². The number of fused-ring (bicyclic) bond motifs is 2. The molecule has 0 unspecified atom stereocenters. The summed E-state index contributed by atoms with van der Waals surface area (Å²) in [4.78, 5) is 22.3. The van der Waals surface area contributed by atoms with Crippen LogP contribution < -0.4 is 10.9 Å². The van der Waals surface area contributed by atoms with Gasteiger partial charge in [-0.15, -0.1) is 0 Å². The van der Waals surface area contributed by atoms with Crippen molar-refractivity contribution < 1.29 is 0 Å². The Bertz CT molecular complexity index is 1260. The van der Waals surface area contributed by atoms with Crippen molar-refractivity contribution in [3.8, 4) is 11.3 Å². The zero-order valence-electron chi connectivity index (χ0n) is 16.9. The highest BCUT2D eigenvalue weighted by atomic mass is 16.1. The summed E-state index contributed by atoms with van der Waals surface area (Å²) in [7, 11) is 0. The summed E-state index contributed by atoms with van der Waals surface area (Å²) in [6.07, 6.45) is 9.09. The fraction of sp³-hybridized carbons (Fsp3) is 0.348. The topological polar surface area (TPSA) is 63.7 Å². The first-order valence-corrected chi connectivity index (χ1v) is 10.3. The summed E-state index contributed by atoms with van der Waals surface area (Å²) in [5.41, 5.74) is 6.61. The highest BCUT2D eigenvalue weighted by Crippen LogP contribution is 2.26. The Morgan fingerprint density at radius 3 is 2.72 bits per heavy atom. The van der Waals surface area contributed by atoms with Gasteiger partial charge in [0, 0.05) is 30.2 Å². The van der Waals surface area contributed by atoms with Gasteiger partial charge in [0.15, 0.2) is 0 Å². The largest absolute Gasteiger partial charge is 0.317 e. The molecule has 0 aromatic carbocycles. The summed E-state index contributed by atoms with van der Waals surface area (Å²) >= 11 is 0. The van der Waals surface area contributed by atoms with Crippen molar-refractivity contribution in [2.45, 2.75) is 39.0 Å². The second kappa shape index (κ2) is 7.12. The van der Waals surface area contributed by atoms with E-state index in [0.717, 1.165) is 54.8 Å². The van der Waals surface area contributed by atoms with Crippen LogP contribution in [0.5, 0.6) is 0 Å². The van der Waals surface area contributed by atoms with Crippen molar-refractivity contribution in [2.75, 3.05) is 13.1 Å². The zero-order valence-corrected chi connectivity index (χ0v) is 16.9. The third-order valence-corrected chi connectivity index (χ3v) is 5.92. The summed E-state index contributed by atoms with van der Waals surface area (Å²) in [5, 5.41) is 3.39. The molecule has 0 bridgehead atoms. The molecule has 0 amide bonds. The SMILES string of the molecule is CCc1cc(-c2cc(=O)n3cc(C4CCNCC4)ccc3n2)cn2cc(C)nc12. The van der Waals surface area contributed by atoms with Crippen LogP contribution in [0.2, 0.25) is 0 Å². The quantitative estimate of drug-likeness (QED) is 0.586. The third kappa shape index (κ3) is 3.23. The molecule has 5 heterocycles. The van der Waals surface area contributed by atoms with E-state index in [1.54, 1.807) is 10.5 Å². The molecule has 4 aromatic rings. The van der Waals surface area contributed by atoms with E-state index in [9.17, 15) is 4.79 Å². The van der Waals surface area contributed by atoms with E-state index in [1.807, 2.05) is 36.0 Å². The Morgan fingerprint density at radius 2 is 1.93 bits per heavy atom. The van der Waals surface area contributed by atoms with Gasteiger partial charge < -0.3 is 9.72 Å². The standard InChI is InChI=1S/C23H25N5O/c1-3-16-10-19(13-27-12-15(2)25-23(16)27)20-11-22(29)28-14-18(4-5-21(28)26-20)17-6-8-24-9-7-17/h4-5,10-14,17,24H,3,6-9H2,1-2H3. The molecule has 5 rings (SSSR count). The van der Waals surface area contributed by atoms with Crippen LogP contribution in [0.3, 0.4) is 0 Å². The number of hydrogen-bond acceptors (Lipinski definition) is 4. The molecule has 0 atom stereocenters. The maximum atomic E-state index is 12.9. The predicted molar refractivity (Wildman–Crippen MR) is 115 cm³/mol. The van der Waals surface area contributed by atoms with Crippen molar-refractivity contribution in [2.24, 2.45) is 0 Å². The Morgan fingerprint density at radius 1 is 1.10 bits per heavy atom. The lowest BCUT2D eigenvalue weighted by Crippen LogP contribution is -2.27. The summed E-state index contributed by atoms with van der Waals surface area (Å²) < 4.78 is 3.72. The van der Waals surface area contributed by atoms with E-state index in [0.29, 0.717) is 17.3 Å². The molecule has 148 valence electrons. The molecule has 0 aliphatic carbocycles. The molecule has 1 aliphatic rings. The van der Waals surface area contributed by atoms with Gasteiger partial charge in [-0.25, -0.2) is 9.97 Å². The number of aromatic nitrogens is 4. The summed E-state index contributed by atoms with van der Waals surface area (Å²) in [5.74, 6) is 0.506. The minimum Gasteiger partial charge on any atom is -0.317 e. The van der Waals surface area contributed by atoms with E-state index in [1.165, 1.54) is 5.56 Å². The van der Waals surface area contributed by atoms with Crippen molar-refractivity contribution >= 4 is 11.3 Å². The van der Waals surface area contributed by atoms with E-state index in [-0.39, 0.29) is 5.56 Å². The molecule has 0 radical (unpaired) electrons. The van der Waals surface area contributed by atoms with Crippen LogP contribution in [0, 0.1) is 6.92 Å². The smallest absolute Gasteiger partial charge is 0.258 e. The Labute approximate surface area is 169 Å². The molecule has 1 fully saturated rings. The van der Waals surface area contributed by atoms with Gasteiger partial charge in [-0.1, -0.05) is 13.0 Å². The maximum absolute atomic E-state index is 12.9. The Kier molecular flexibility index (Phi) is 4.43. The number of nitrogens with zero attached hydrogens (tertiary/aromatic N) is 4. The molecular weight excluding hydrogens is 362 g/mol. The molecule has 29 heavy (non-hydrogen) atoms. The first kappa shape index (κ1) is 18.1. The molecule has 6 heteroatoms. The Balaban J connectivity index is 1.61. The van der Waals surface area contributed by atoms with Crippen molar-refractivity contribution in [3.63, 3.8) is 0 Å². The number of hydrogen-bond donors (Lipinski definition) is 1. The van der Waals surface area contributed by atoms with E-state index in [2.05, 4.69) is 29.4 Å². The second-order valence-corrected chi connectivity index (χ2v) is 7.92. The summed E-state index contributed by atoms with van der Waals surface area (Å²) in [6.45, 7) is 6.18. The van der Waals surface area contributed by atoms with Gasteiger partial charge in [0.25, 0.3) is 5.56 Å². The molecule has 1 saturated heterocycles. The van der Waals surface area contributed by atoms with Crippen LogP contribution >= 0.6 is 0 Å². The third-order valence-electron chi connectivity index (χ3n) is 5.92. The molecule has 4 aromatic heterocycles. The van der Waals surface area contributed by atoms with E-state index < -0.39 is 0 Å². The number of rotatable bonds is 3. The van der Waals surface area contributed by atoms with Gasteiger partial charge in [0.2, 0.25) is 0 Å². The van der Waals surface area contributed by atoms with Gasteiger partial charge in [-0.3, -0.25) is 9.20 Å². The van der Waals surface area contributed by atoms with Crippen LogP contribution in [0.4, 0.5) is 0 Å². The second-order valence-electron chi connectivity index (χ2n) is 7.92. The molecule has 0 saturated carbocycles. The van der Waals surface area contributed by atoms with Crippen LogP contribution in [0.15, 0.2) is 47.7 Å². The average molecular weight is 387 g/mol. The average Bonchev–Trinajstić information content (AvgIpc) is 3.13. The molecular formula is C23H25N5O. The van der Waals surface area contributed by atoms with Gasteiger partial charge in [-0.2, -0.15) is 0 Å². The fourth-order valence-corrected chi connectivity index (χ4v) is 4.36. The van der Waals surface area contributed by atoms with Crippen LogP contribution in [-0.4, -0.2) is 31.9 Å². The van der Waals surface area contributed by atoms with E-state index in [4.69, 9.17) is 4.98 Å². The lowest BCUT2D eigenvalue weighted by molar-refractivity contribution is 0.459. The number of imidazole rings is 1.